The maximum absolute atomic E-state index is 12.0. The van der Waals surface area contributed by atoms with Crippen molar-refractivity contribution in [1.82, 2.24) is 9.80 Å². The Balaban J connectivity index is 1.83. The molecule has 4 nitrogen and oxygen atoms in total. The lowest BCUT2D eigenvalue weighted by atomic mass is 10.1. The third-order valence-electron chi connectivity index (χ3n) is 4.18. The van der Waals surface area contributed by atoms with Gasteiger partial charge in [-0.2, -0.15) is 0 Å². The highest BCUT2D eigenvalue weighted by atomic mass is 16.2. The topological polar surface area (TPSA) is 49.6 Å². The van der Waals surface area contributed by atoms with Gasteiger partial charge < -0.3 is 10.6 Å². The summed E-state index contributed by atoms with van der Waals surface area (Å²) in [4.78, 5) is 16.4. The second-order valence-electron chi connectivity index (χ2n) is 6.04. The Morgan fingerprint density at radius 2 is 2.14 bits per heavy atom. The van der Waals surface area contributed by atoms with Gasteiger partial charge in [-0.3, -0.25) is 9.69 Å². The van der Waals surface area contributed by atoms with Gasteiger partial charge in [-0.15, -0.1) is 0 Å². The van der Waals surface area contributed by atoms with Crippen molar-refractivity contribution in [2.75, 3.05) is 26.2 Å². The predicted octanol–water partition coefficient (Wildman–Crippen LogP) is 1.70. The third kappa shape index (κ3) is 4.55. The quantitative estimate of drug-likeness (QED) is 0.867. The minimum absolute atomic E-state index is 0.0685. The van der Waals surface area contributed by atoms with Crippen LogP contribution in [-0.4, -0.2) is 47.9 Å². The van der Waals surface area contributed by atoms with Crippen LogP contribution in [0.5, 0.6) is 0 Å². The highest BCUT2D eigenvalue weighted by Crippen LogP contribution is 2.20. The van der Waals surface area contributed by atoms with Crippen LogP contribution in [0.3, 0.4) is 0 Å². The van der Waals surface area contributed by atoms with Gasteiger partial charge in [0.2, 0.25) is 5.91 Å². The second-order valence-corrected chi connectivity index (χ2v) is 6.04. The van der Waals surface area contributed by atoms with E-state index in [0.717, 1.165) is 39.1 Å². The fourth-order valence-electron chi connectivity index (χ4n) is 3.02. The molecule has 0 spiro atoms. The highest BCUT2D eigenvalue weighted by molar-refractivity contribution is 5.81. The number of nitrogens with zero attached hydrogens (tertiary/aromatic N) is 2. The van der Waals surface area contributed by atoms with E-state index >= 15 is 0 Å². The Bertz CT molecular complexity index is 447. The van der Waals surface area contributed by atoms with Gasteiger partial charge >= 0.3 is 0 Å². The van der Waals surface area contributed by atoms with E-state index in [2.05, 4.69) is 35.2 Å². The summed E-state index contributed by atoms with van der Waals surface area (Å²) in [6, 6.07) is 10.2. The first-order valence-corrected chi connectivity index (χ1v) is 7.90. The molecule has 1 saturated heterocycles. The molecule has 2 rings (SSSR count). The average molecular weight is 289 g/mol. The van der Waals surface area contributed by atoms with E-state index in [0.29, 0.717) is 5.92 Å². The standard InChI is InChI=1S/C17H27N3O/c1-3-20(17(21)14(2)18)13-16-9-10-19(12-16)11-15-7-5-4-6-8-15/h4-8,14,16H,3,9-13,18H2,1-2H3/t14-,16?/m0/s1. The van der Waals surface area contributed by atoms with Crippen LogP contribution in [-0.2, 0) is 11.3 Å². The normalized spacial score (nSPS) is 20.4. The summed E-state index contributed by atoms with van der Waals surface area (Å²) < 4.78 is 0. The molecule has 4 heteroatoms. The van der Waals surface area contributed by atoms with E-state index in [4.69, 9.17) is 5.73 Å². The van der Waals surface area contributed by atoms with Gasteiger partial charge in [0.05, 0.1) is 6.04 Å². The van der Waals surface area contributed by atoms with Gasteiger partial charge in [-0.05, 0) is 38.3 Å². The van der Waals surface area contributed by atoms with E-state index in [9.17, 15) is 4.79 Å². The Hall–Kier alpha value is -1.39. The molecule has 1 aliphatic rings. The molecule has 2 atom stereocenters. The van der Waals surface area contributed by atoms with Crippen molar-refractivity contribution in [1.29, 1.82) is 0 Å². The number of hydrogen-bond acceptors (Lipinski definition) is 3. The maximum Gasteiger partial charge on any atom is 0.239 e. The van der Waals surface area contributed by atoms with E-state index < -0.39 is 6.04 Å². The summed E-state index contributed by atoms with van der Waals surface area (Å²) in [7, 11) is 0. The molecule has 0 radical (unpaired) electrons. The molecular weight excluding hydrogens is 262 g/mol. The molecule has 2 N–H and O–H groups in total. The third-order valence-corrected chi connectivity index (χ3v) is 4.18. The molecule has 0 aromatic heterocycles. The van der Waals surface area contributed by atoms with Crippen molar-refractivity contribution in [3.05, 3.63) is 35.9 Å². The number of carbonyl (C=O) groups is 1. The second kappa shape index (κ2) is 7.57. The Morgan fingerprint density at radius 3 is 2.76 bits per heavy atom. The largest absolute Gasteiger partial charge is 0.341 e. The number of likely N-dealkylation sites (N-methyl/N-ethyl adjacent to an activating group) is 1. The molecular formula is C17H27N3O. The zero-order valence-electron chi connectivity index (χ0n) is 13.2. The lowest BCUT2D eigenvalue weighted by molar-refractivity contribution is -0.132. The van der Waals surface area contributed by atoms with Crippen molar-refractivity contribution in [2.24, 2.45) is 11.7 Å². The number of benzene rings is 1. The molecule has 0 saturated carbocycles. The molecule has 1 aromatic carbocycles. The zero-order chi connectivity index (χ0) is 15.2. The number of nitrogens with two attached hydrogens (primary N) is 1. The molecule has 0 aliphatic carbocycles. The van der Waals surface area contributed by atoms with E-state index in [1.54, 1.807) is 6.92 Å². The highest BCUT2D eigenvalue weighted by Gasteiger charge is 2.26. The van der Waals surface area contributed by atoms with Gasteiger partial charge in [-0.1, -0.05) is 30.3 Å². The number of amides is 1. The SMILES string of the molecule is CCN(CC1CCN(Cc2ccccc2)C1)C(=O)[C@H](C)N. The van der Waals surface area contributed by atoms with Gasteiger partial charge in [0.1, 0.15) is 0 Å². The first-order chi connectivity index (χ1) is 10.1. The van der Waals surface area contributed by atoms with Gasteiger partial charge in [0.15, 0.2) is 0 Å². The number of carbonyl (C=O) groups excluding carboxylic acids is 1. The van der Waals surface area contributed by atoms with Gasteiger partial charge in [0.25, 0.3) is 0 Å². The minimum Gasteiger partial charge on any atom is -0.341 e. The Kier molecular flexibility index (Phi) is 5.76. The summed E-state index contributed by atoms with van der Waals surface area (Å²) in [5.41, 5.74) is 7.07. The van der Waals surface area contributed by atoms with Crippen LogP contribution in [0.15, 0.2) is 30.3 Å². The molecule has 1 heterocycles. The molecule has 116 valence electrons. The van der Waals surface area contributed by atoms with Crippen molar-refractivity contribution >= 4 is 5.91 Å². The average Bonchev–Trinajstić information content (AvgIpc) is 2.92. The number of hydrogen-bond donors (Lipinski definition) is 1. The van der Waals surface area contributed by atoms with E-state index in [1.165, 1.54) is 5.56 Å². The first-order valence-electron chi connectivity index (χ1n) is 7.90. The molecule has 1 aromatic rings. The molecule has 0 bridgehead atoms. The van der Waals surface area contributed by atoms with Crippen molar-refractivity contribution < 1.29 is 4.79 Å². The van der Waals surface area contributed by atoms with Crippen LogP contribution in [0.4, 0.5) is 0 Å². The Morgan fingerprint density at radius 1 is 1.43 bits per heavy atom. The van der Waals surface area contributed by atoms with Crippen LogP contribution < -0.4 is 5.73 Å². The lowest BCUT2D eigenvalue weighted by Crippen LogP contribution is -2.44. The maximum atomic E-state index is 12.0. The first kappa shape index (κ1) is 16.0. The molecule has 1 amide bonds. The minimum atomic E-state index is -0.397. The van der Waals surface area contributed by atoms with E-state index in [1.807, 2.05) is 11.8 Å². The van der Waals surface area contributed by atoms with Gasteiger partial charge in [0, 0.05) is 26.2 Å². The summed E-state index contributed by atoms with van der Waals surface area (Å²) >= 11 is 0. The van der Waals surface area contributed by atoms with Crippen molar-refractivity contribution in [2.45, 2.75) is 32.9 Å². The van der Waals surface area contributed by atoms with E-state index in [-0.39, 0.29) is 5.91 Å². The smallest absolute Gasteiger partial charge is 0.239 e. The summed E-state index contributed by atoms with van der Waals surface area (Å²) in [5.74, 6) is 0.635. The van der Waals surface area contributed by atoms with Gasteiger partial charge in [-0.25, -0.2) is 0 Å². The van der Waals surface area contributed by atoms with Crippen LogP contribution in [0, 0.1) is 5.92 Å². The fourth-order valence-corrected chi connectivity index (χ4v) is 3.02. The van der Waals surface area contributed by atoms with Crippen LogP contribution in [0.2, 0.25) is 0 Å². The van der Waals surface area contributed by atoms with Crippen molar-refractivity contribution in [3.63, 3.8) is 0 Å². The molecule has 1 fully saturated rings. The number of likely N-dealkylation sites (tertiary alicyclic amines) is 1. The molecule has 1 unspecified atom stereocenters. The summed E-state index contributed by atoms with van der Waals surface area (Å²) in [5, 5.41) is 0. The summed E-state index contributed by atoms with van der Waals surface area (Å²) in [6.45, 7) is 8.56. The lowest BCUT2D eigenvalue weighted by Gasteiger charge is -2.26. The summed E-state index contributed by atoms with van der Waals surface area (Å²) in [6.07, 6.45) is 1.16. The monoisotopic (exact) mass is 289 g/mol. The predicted molar refractivity (Wildman–Crippen MR) is 85.7 cm³/mol. The van der Waals surface area contributed by atoms with Crippen LogP contribution >= 0.6 is 0 Å². The van der Waals surface area contributed by atoms with Crippen LogP contribution in [0.1, 0.15) is 25.8 Å². The molecule has 1 aliphatic heterocycles. The number of rotatable bonds is 6. The van der Waals surface area contributed by atoms with Crippen molar-refractivity contribution in [3.8, 4) is 0 Å². The fraction of sp³-hybridized carbons (Fsp3) is 0.588. The Labute approximate surface area is 127 Å². The van der Waals surface area contributed by atoms with Crippen LogP contribution in [0.25, 0.3) is 0 Å². The molecule has 21 heavy (non-hydrogen) atoms. The zero-order valence-corrected chi connectivity index (χ0v) is 13.2.